The molecule has 2 amide bonds. The summed E-state index contributed by atoms with van der Waals surface area (Å²) in [7, 11) is -4.76. The standard InChI is InChI=1S/C18H23FN2O5S/c1-18(2,3)26-17(23)20-7-6-12-4-5-14(8-13(12)10-20)21-11-15(9-16(21)22)27(19,24)25/h4-5,8,15H,6-7,9-11H2,1-3H3. The van der Waals surface area contributed by atoms with Gasteiger partial charge < -0.3 is 14.5 Å². The first kappa shape index (κ1) is 19.6. The van der Waals surface area contributed by atoms with Crippen LogP contribution in [0.3, 0.4) is 0 Å². The van der Waals surface area contributed by atoms with Gasteiger partial charge in [0.05, 0.1) is 0 Å². The zero-order chi connectivity index (χ0) is 20.0. The third kappa shape index (κ3) is 4.40. The van der Waals surface area contributed by atoms with E-state index in [1.165, 1.54) is 4.90 Å². The lowest BCUT2D eigenvalue weighted by atomic mass is 9.99. The van der Waals surface area contributed by atoms with E-state index in [1.807, 2.05) is 6.07 Å². The van der Waals surface area contributed by atoms with Crippen molar-refractivity contribution < 1.29 is 26.6 Å². The van der Waals surface area contributed by atoms with E-state index in [0.29, 0.717) is 25.2 Å². The number of hydrogen-bond acceptors (Lipinski definition) is 5. The van der Waals surface area contributed by atoms with Crippen LogP contribution in [0.25, 0.3) is 0 Å². The number of ether oxygens (including phenoxy) is 1. The maximum Gasteiger partial charge on any atom is 0.410 e. The lowest BCUT2D eigenvalue weighted by molar-refractivity contribution is -0.117. The maximum absolute atomic E-state index is 13.2. The van der Waals surface area contributed by atoms with Crippen LogP contribution in [0.4, 0.5) is 14.4 Å². The Bertz CT molecular complexity index is 878. The Morgan fingerprint density at radius 1 is 1.26 bits per heavy atom. The molecule has 1 aromatic rings. The number of rotatable bonds is 2. The maximum atomic E-state index is 13.2. The molecule has 9 heteroatoms. The lowest BCUT2D eigenvalue weighted by Crippen LogP contribution is -2.40. The average Bonchev–Trinajstić information content (AvgIpc) is 2.94. The topological polar surface area (TPSA) is 84.0 Å². The van der Waals surface area contributed by atoms with Crippen molar-refractivity contribution in [3.63, 3.8) is 0 Å². The summed E-state index contributed by atoms with van der Waals surface area (Å²) < 4.78 is 40.9. The van der Waals surface area contributed by atoms with Gasteiger partial charge in [-0.15, -0.1) is 3.89 Å². The van der Waals surface area contributed by atoms with Crippen molar-refractivity contribution >= 4 is 27.9 Å². The van der Waals surface area contributed by atoms with Gasteiger partial charge in [0.25, 0.3) is 0 Å². The van der Waals surface area contributed by atoms with E-state index < -0.39 is 33.1 Å². The second-order valence-corrected chi connectivity index (χ2v) is 9.53. The molecule has 27 heavy (non-hydrogen) atoms. The largest absolute Gasteiger partial charge is 0.444 e. The fourth-order valence-electron chi connectivity index (χ4n) is 3.31. The number of benzene rings is 1. The van der Waals surface area contributed by atoms with Gasteiger partial charge in [0.1, 0.15) is 10.9 Å². The van der Waals surface area contributed by atoms with Crippen LogP contribution in [-0.2, 0) is 32.7 Å². The minimum absolute atomic E-state index is 0.202. The summed E-state index contributed by atoms with van der Waals surface area (Å²) in [6, 6.07) is 5.35. The minimum atomic E-state index is -4.76. The number of fused-ring (bicyclic) bond motifs is 1. The Hall–Kier alpha value is -2.16. The normalized spacial score (nSPS) is 20.6. The number of carbonyl (C=O) groups excluding carboxylic acids is 2. The molecule has 7 nitrogen and oxygen atoms in total. The average molecular weight is 398 g/mol. The first-order valence-corrected chi connectivity index (χ1v) is 10.2. The van der Waals surface area contributed by atoms with E-state index in [-0.39, 0.29) is 13.0 Å². The van der Waals surface area contributed by atoms with Crippen LogP contribution < -0.4 is 4.90 Å². The number of hydrogen-bond donors (Lipinski definition) is 0. The van der Waals surface area contributed by atoms with Crippen LogP contribution in [0.5, 0.6) is 0 Å². The van der Waals surface area contributed by atoms with Gasteiger partial charge in [-0.05, 0) is 50.5 Å². The van der Waals surface area contributed by atoms with Crippen molar-refractivity contribution in [2.24, 2.45) is 0 Å². The zero-order valence-corrected chi connectivity index (χ0v) is 16.4. The monoisotopic (exact) mass is 398 g/mol. The van der Waals surface area contributed by atoms with Crippen LogP contribution in [0, 0.1) is 0 Å². The summed E-state index contributed by atoms with van der Waals surface area (Å²) in [4.78, 5) is 27.3. The molecule has 148 valence electrons. The predicted octanol–water partition coefficient (Wildman–Crippen LogP) is 2.38. The van der Waals surface area contributed by atoms with Crippen molar-refractivity contribution in [3.8, 4) is 0 Å². The van der Waals surface area contributed by atoms with E-state index in [9.17, 15) is 21.9 Å². The van der Waals surface area contributed by atoms with Crippen molar-refractivity contribution in [1.82, 2.24) is 4.90 Å². The highest BCUT2D eigenvalue weighted by Crippen LogP contribution is 2.30. The highest BCUT2D eigenvalue weighted by molar-refractivity contribution is 7.87. The first-order valence-electron chi connectivity index (χ1n) is 8.77. The van der Waals surface area contributed by atoms with E-state index in [2.05, 4.69) is 0 Å². The number of amides is 2. The predicted molar refractivity (Wildman–Crippen MR) is 97.6 cm³/mol. The van der Waals surface area contributed by atoms with Gasteiger partial charge in [-0.2, -0.15) is 8.42 Å². The van der Waals surface area contributed by atoms with Gasteiger partial charge in [-0.1, -0.05) is 6.07 Å². The molecule has 2 heterocycles. The number of halogens is 1. The van der Waals surface area contributed by atoms with Crippen molar-refractivity contribution in [2.45, 2.75) is 51.0 Å². The van der Waals surface area contributed by atoms with Gasteiger partial charge in [-0.25, -0.2) is 4.79 Å². The van der Waals surface area contributed by atoms with Crippen LogP contribution in [0.1, 0.15) is 38.3 Å². The van der Waals surface area contributed by atoms with Gasteiger partial charge in [-0.3, -0.25) is 4.79 Å². The number of carbonyl (C=O) groups is 2. The Kier molecular flexibility index (Phi) is 4.92. The minimum Gasteiger partial charge on any atom is -0.444 e. The molecule has 1 saturated heterocycles. The molecular weight excluding hydrogens is 375 g/mol. The summed E-state index contributed by atoms with van der Waals surface area (Å²) in [6.45, 7) is 6.07. The molecule has 1 fully saturated rings. The molecule has 0 spiro atoms. The molecule has 0 aromatic heterocycles. The van der Waals surface area contributed by atoms with Crippen LogP contribution >= 0.6 is 0 Å². The molecule has 0 radical (unpaired) electrons. The van der Waals surface area contributed by atoms with Gasteiger partial charge in [0.15, 0.2) is 0 Å². The molecule has 2 aliphatic heterocycles. The van der Waals surface area contributed by atoms with Crippen LogP contribution in [-0.4, -0.2) is 49.3 Å². The summed E-state index contributed by atoms with van der Waals surface area (Å²) in [5.41, 5.74) is 1.84. The molecule has 1 atom stereocenters. The molecular formula is C18H23FN2O5S. The number of anilines is 1. The molecule has 1 unspecified atom stereocenters. The van der Waals surface area contributed by atoms with E-state index in [0.717, 1.165) is 11.1 Å². The van der Waals surface area contributed by atoms with Crippen molar-refractivity contribution in [2.75, 3.05) is 18.0 Å². The Morgan fingerprint density at radius 3 is 2.56 bits per heavy atom. The Labute approximate surface area is 158 Å². The summed E-state index contributed by atoms with van der Waals surface area (Å²) in [6.07, 6.45) is -0.107. The fraction of sp³-hybridized carbons (Fsp3) is 0.556. The molecule has 1 aromatic carbocycles. The van der Waals surface area contributed by atoms with Gasteiger partial charge in [0.2, 0.25) is 5.91 Å². The van der Waals surface area contributed by atoms with E-state index in [1.54, 1.807) is 37.8 Å². The van der Waals surface area contributed by atoms with Crippen molar-refractivity contribution in [3.05, 3.63) is 29.3 Å². The lowest BCUT2D eigenvalue weighted by Gasteiger charge is -2.31. The molecule has 0 saturated carbocycles. The smallest absolute Gasteiger partial charge is 0.410 e. The fourth-order valence-corrected chi connectivity index (χ4v) is 3.98. The molecule has 0 aliphatic carbocycles. The second-order valence-electron chi connectivity index (χ2n) is 7.91. The highest BCUT2D eigenvalue weighted by Gasteiger charge is 2.39. The molecule has 2 aliphatic rings. The third-order valence-corrected chi connectivity index (χ3v) is 5.77. The van der Waals surface area contributed by atoms with Crippen LogP contribution in [0.15, 0.2) is 18.2 Å². The quantitative estimate of drug-likeness (QED) is 0.714. The van der Waals surface area contributed by atoms with E-state index >= 15 is 0 Å². The Morgan fingerprint density at radius 2 is 1.96 bits per heavy atom. The second kappa shape index (κ2) is 6.78. The van der Waals surface area contributed by atoms with Gasteiger partial charge >= 0.3 is 16.3 Å². The SMILES string of the molecule is CC(C)(C)OC(=O)N1CCc2ccc(N3CC(S(=O)(=O)F)CC3=O)cc2C1. The summed E-state index contributed by atoms with van der Waals surface area (Å²) in [5, 5.41) is -1.33. The molecule has 0 N–H and O–H groups in total. The molecule has 0 bridgehead atoms. The number of nitrogens with zero attached hydrogens (tertiary/aromatic N) is 2. The van der Waals surface area contributed by atoms with Crippen molar-refractivity contribution in [1.29, 1.82) is 0 Å². The zero-order valence-electron chi connectivity index (χ0n) is 15.6. The van der Waals surface area contributed by atoms with Gasteiger partial charge in [0, 0.05) is 31.7 Å². The Balaban J connectivity index is 1.78. The summed E-state index contributed by atoms with van der Waals surface area (Å²) in [5.74, 6) is -0.430. The first-order chi connectivity index (χ1) is 12.4. The van der Waals surface area contributed by atoms with Crippen LogP contribution in [0.2, 0.25) is 0 Å². The molecule has 3 rings (SSSR count). The van der Waals surface area contributed by atoms with E-state index in [4.69, 9.17) is 4.74 Å². The highest BCUT2D eigenvalue weighted by atomic mass is 32.3. The third-order valence-electron chi connectivity index (χ3n) is 4.65. The summed E-state index contributed by atoms with van der Waals surface area (Å²) >= 11 is 0.